The van der Waals surface area contributed by atoms with Crippen LogP contribution in [-0.2, 0) is 9.59 Å². The summed E-state index contributed by atoms with van der Waals surface area (Å²) in [6.07, 6.45) is 0.695. The van der Waals surface area contributed by atoms with Gasteiger partial charge in [0.05, 0.1) is 29.4 Å². The molecule has 14 heteroatoms. The molecule has 0 aliphatic carbocycles. The van der Waals surface area contributed by atoms with E-state index in [9.17, 15) is 27.6 Å². The second kappa shape index (κ2) is 12.5. The zero-order valence-corrected chi connectivity index (χ0v) is 24.7. The minimum atomic E-state index is -4.75. The number of hydrogen-bond donors (Lipinski definition) is 2. The van der Waals surface area contributed by atoms with Crippen LogP contribution in [0.5, 0.6) is 0 Å². The van der Waals surface area contributed by atoms with Crippen LogP contribution < -0.4 is 15.5 Å². The predicted molar refractivity (Wildman–Crippen MR) is 155 cm³/mol. The van der Waals surface area contributed by atoms with Crippen molar-refractivity contribution >= 4 is 34.7 Å². The van der Waals surface area contributed by atoms with E-state index < -0.39 is 48.6 Å². The summed E-state index contributed by atoms with van der Waals surface area (Å²) in [4.78, 5) is 51.6. The van der Waals surface area contributed by atoms with Gasteiger partial charge in [0.1, 0.15) is 11.5 Å². The molecule has 0 bridgehead atoms. The van der Waals surface area contributed by atoms with Crippen molar-refractivity contribution in [3.05, 3.63) is 53.9 Å². The molecular formula is C30H35F4N7O3. The van der Waals surface area contributed by atoms with Gasteiger partial charge in [-0.3, -0.25) is 24.3 Å². The van der Waals surface area contributed by atoms with E-state index in [0.717, 1.165) is 0 Å². The van der Waals surface area contributed by atoms with Crippen molar-refractivity contribution in [2.45, 2.75) is 44.9 Å². The number of rotatable bonds is 5. The quantitative estimate of drug-likeness (QED) is 0.496. The van der Waals surface area contributed by atoms with Gasteiger partial charge in [-0.05, 0) is 45.0 Å². The van der Waals surface area contributed by atoms with Crippen molar-refractivity contribution in [2.75, 3.05) is 50.0 Å². The van der Waals surface area contributed by atoms with E-state index in [0.29, 0.717) is 30.8 Å². The Kier molecular flexibility index (Phi) is 8.91. The average Bonchev–Trinajstić information content (AvgIpc) is 3.00. The van der Waals surface area contributed by atoms with Crippen molar-refractivity contribution < 1.29 is 31.9 Å². The van der Waals surface area contributed by atoms with Gasteiger partial charge in [0.15, 0.2) is 0 Å². The first-order chi connectivity index (χ1) is 20.8. The van der Waals surface area contributed by atoms with E-state index in [-0.39, 0.29) is 48.0 Å². The number of likely N-dealkylation sites (N-methyl/N-ethyl adjacent to an activating group) is 1. The van der Waals surface area contributed by atoms with Crippen LogP contribution in [0, 0.1) is 17.7 Å². The Bertz CT molecular complexity index is 1440. The van der Waals surface area contributed by atoms with Crippen LogP contribution in [0.3, 0.4) is 0 Å². The minimum absolute atomic E-state index is 0.0899. The van der Waals surface area contributed by atoms with Gasteiger partial charge < -0.3 is 20.4 Å². The summed E-state index contributed by atoms with van der Waals surface area (Å²) in [5.74, 6) is -6.21. The van der Waals surface area contributed by atoms with E-state index in [4.69, 9.17) is 0 Å². The molecule has 3 aliphatic heterocycles. The van der Waals surface area contributed by atoms with Crippen LogP contribution in [0.4, 0.5) is 28.9 Å². The van der Waals surface area contributed by atoms with E-state index in [2.05, 4.69) is 25.5 Å². The molecular weight excluding hydrogens is 582 g/mol. The fourth-order valence-electron chi connectivity index (χ4n) is 6.07. The number of carbonyl (C=O) groups excluding carboxylic acids is 3. The summed E-state index contributed by atoms with van der Waals surface area (Å²) in [6, 6.07) is 2.96. The summed E-state index contributed by atoms with van der Waals surface area (Å²) in [7, 11) is 1.99. The highest BCUT2D eigenvalue weighted by atomic mass is 19.4. The van der Waals surface area contributed by atoms with Crippen LogP contribution in [-0.4, -0.2) is 95.5 Å². The van der Waals surface area contributed by atoms with Crippen molar-refractivity contribution in [1.29, 1.82) is 0 Å². The molecule has 2 aromatic rings. The van der Waals surface area contributed by atoms with Gasteiger partial charge in [0.2, 0.25) is 11.8 Å². The highest BCUT2D eigenvalue weighted by molar-refractivity contribution is 5.98. The second-order valence-electron chi connectivity index (χ2n) is 11.7. The number of nitrogens with one attached hydrogen (secondary N) is 2. The topological polar surface area (TPSA) is 111 Å². The minimum Gasteiger partial charge on any atom is -0.367 e. The standard InChI is InChI=1S/C30H35F4N7O3/c1-17-15-41(16-18(2)39(17)3)26-12-23(31)20(19-4-8-40(9-5-19)29(44)25-14-35-6-7-36-25)10-24(26)38-28(43)21-13-37-27(42)11-22(21)30(32,33)34/h4,6-7,10,12,14,17-18,21-22H,5,8-9,11,13,15-16H2,1-3H3,(H,37,42)(H,38,43)/t17-,18+,21?,22?. The Hall–Kier alpha value is -4.07. The largest absolute Gasteiger partial charge is 0.393 e. The lowest BCUT2D eigenvalue weighted by Gasteiger charge is -2.44. The van der Waals surface area contributed by atoms with Crippen LogP contribution in [0.2, 0.25) is 0 Å². The summed E-state index contributed by atoms with van der Waals surface area (Å²) < 4.78 is 57.4. The first kappa shape index (κ1) is 31.4. The lowest BCUT2D eigenvalue weighted by atomic mass is 9.84. The van der Waals surface area contributed by atoms with Crippen molar-refractivity contribution in [2.24, 2.45) is 11.8 Å². The lowest BCUT2D eigenvalue weighted by molar-refractivity contribution is -0.197. The number of piperidine rings is 1. The molecule has 2 saturated heterocycles. The van der Waals surface area contributed by atoms with Crippen LogP contribution in [0.25, 0.3) is 5.57 Å². The first-order valence-corrected chi connectivity index (χ1v) is 14.5. The summed E-state index contributed by atoms with van der Waals surface area (Å²) in [5.41, 5.74) is 1.54. The number of alkyl halides is 3. The maximum absolute atomic E-state index is 15.8. The van der Waals surface area contributed by atoms with Gasteiger partial charge in [0.25, 0.3) is 5.91 Å². The molecule has 0 saturated carbocycles. The predicted octanol–water partition coefficient (Wildman–Crippen LogP) is 3.33. The summed E-state index contributed by atoms with van der Waals surface area (Å²) in [5, 5.41) is 5.04. The van der Waals surface area contributed by atoms with Crippen LogP contribution in [0.15, 0.2) is 36.8 Å². The van der Waals surface area contributed by atoms with Gasteiger partial charge in [-0.25, -0.2) is 9.37 Å². The number of piperazine rings is 1. The van der Waals surface area contributed by atoms with Crippen LogP contribution >= 0.6 is 0 Å². The molecule has 2 N–H and O–H groups in total. The molecule has 1 aromatic heterocycles. The molecule has 2 fully saturated rings. The number of benzene rings is 1. The Morgan fingerprint density at radius 1 is 1.11 bits per heavy atom. The lowest BCUT2D eigenvalue weighted by Crippen LogP contribution is -2.55. The Morgan fingerprint density at radius 2 is 1.84 bits per heavy atom. The second-order valence-corrected chi connectivity index (χ2v) is 11.7. The molecule has 3 amide bonds. The fraction of sp³-hybridized carbons (Fsp3) is 0.500. The molecule has 1 aromatic carbocycles. The van der Waals surface area contributed by atoms with Gasteiger partial charge in [0, 0.05) is 69.2 Å². The molecule has 3 aliphatic rings. The third-order valence-electron chi connectivity index (χ3n) is 8.84. The van der Waals surface area contributed by atoms with E-state index in [1.807, 2.05) is 25.8 Å². The summed E-state index contributed by atoms with van der Waals surface area (Å²) >= 11 is 0. The zero-order chi connectivity index (χ0) is 31.8. The molecule has 4 heterocycles. The highest BCUT2D eigenvalue weighted by Gasteiger charge is 2.50. The molecule has 236 valence electrons. The van der Waals surface area contributed by atoms with Crippen LogP contribution in [0.1, 0.15) is 42.7 Å². The van der Waals surface area contributed by atoms with Crippen molar-refractivity contribution in [3.8, 4) is 0 Å². The Balaban J connectivity index is 1.46. The fourth-order valence-corrected chi connectivity index (χ4v) is 6.07. The van der Waals surface area contributed by atoms with Crippen molar-refractivity contribution in [3.63, 3.8) is 0 Å². The zero-order valence-electron chi connectivity index (χ0n) is 24.7. The number of nitrogens with zero attached hydrogens (tertiary/aromatic N) is 5. The summed E-state index contributed by atoms with van der Waals surface area (Å²) in [6.45, 7) is 5.07. The Morgan fingerprint density at radius 3 is 2.45 bits per heavy atom. The van der Waals surface area contributed by atoms with E-state index in [1.165, 1.54) is 30.7 Å². The smallest absolute Gasteiger partial charge is 0.367 e. The van der Waals surface area contributed by atoms with Gasteiger partial charge >= 0.3 is 6.18 Å². The molecule has 10 nitrogen and oxygen atoms in total. The monoisotopic (exact) mass is 617 g/mol. The maximum atomic E-state index is 15.8. The molecule has 0 radical (unpaired) electrons. The highest BCUT2D eigenvalue weighted by Crippen LogP contribution is 2.39. The normalized spacial score (nSPS) is 24.9. The third kappa shape index (κ3) is 6.54. The SMILES string of the molecule is C[C@@H]1CN(c2cc(F)c(C3=CCN(C(=O)c4cnccn4)CC3)cc2NC(=O)C2CNC(=O)CC2C(F)(F)F)C[C@H](C)N1C. The number of amides is 3. The molecule has 2 unspecified atom stereocenters. The third-order valence-corrected chi connectivity index (χ3v) is 8.84. The van der Waals surface area contributed by atoms with Crippen molar-refractivity contribution in [1.82, 2.24) is 25.1 Å². The number of halogens is 4. The number of aromatic nitrogens is 2. The Labute approximate surface area is 252 Å². The van der Waals surface area contributed by atoms with Gasteiger partial charge in [-0.15, -0.1) is 0 Å². The maximum Gasteiger partial charge on any atom is 0.393 e. The van der Waals surface area contributed by atoms with Gasteiger partial charge in [-0.1, -0.05) is 6.08 Å². The molecule has 44 heavy (non-hydrogen) atoms. The van der Waals surface area contributed by atoms with E-state index >= 15 is 4.39 Å². The average molecular weight is 618 g/mol. The molecule has 0 spiro atoms. The van der Waals surface area contributed by atoms with E-state index in [1.54, 1.807) is 11.0 Å². The van der Waals surface area contributed by atoms with Gasteiger partial charge in [-0.2, -0.15) is 13.2 Å². The first-order valence-electron chi connectivity index (χ1n) is 14.5. The molecule has 5 rings (SSSR count). The molecule has 4 atom stereocenters. The number of carbonyl (C=O) groups is 3. The number of hydrogen-bond acceptors (Lipinski definition) is 7. The number of anilines is 2.